The van der Waals surface area contributed by atoms with E-state index in [0.29, 0.717) is 11.8 Å². The summed E-state index contributed by atoms with van der Waals surface area (Å²) in [6, 6.07) is 5.57. The van der Waals surface area contributed by atoms with Crippen LogP contribution in [0.4, 0.5) is 4.39 Å². The number of methoxy groups -OCH3 is 1. The van der Waals surface area contributed by atoms with E-state index in [9.17, 15) is 4.39 Å². The molecule has 0 amide bonds. The number of hydrogen-bond donors (Lipinski definition) is 0. The van der Waals surface area contributed by atoms with E-state index in [-0.39, 0.29) is 5.82 Å². The Hall–Kier alpha value is -1.88. The Bertz CT molecular complexity index is 626. The maximum Gasteiger partial charge on any atom is 0.165 e. The molecule has 1 aliphatic heterocycles. The molecule has 21 heavy (non-hydrogen) atoms. The van der Waals surface area contributed by atoms with Crippen LogP contribution in [0.2, 0.25) is 0 Å². The fourth-order valence-corrected chi connectivity index (χ4v) is 3.05. The van der Waals surface area contributed by atoms with Crippen LogP contribution in [0.5, 0.6) is 5.75 Å². The molecule has 1 atom stereocenters. The van der Waals surface area contributed by atoms with Gasteiger partial charge in [-0.3, -0.25) is 9.58 Å². The van der Waals surface area contributed by atoms with E-state index >= 15 is 0 Å². The van der Waals surface area contributed by atoms with E-state index in [1.54, 1.807) is 12.1 Å². The molecule has 2 heterocycles. The largest absolute Gasteiger partial charge is 0.494 e. The second kappa shape index (κ2) is 5.85. The predicted molar refractivity (Wildman–Crippen MR) is 78.5 cm³/mol. The molecule has 1 aromatic carbocycles. The average molecular weight is 289 g/mol. The first-order valence-electron chi connectivity index (χ1n) is 7.22. The van der Waals surface area contributed by atoms with Crippen LogP contribution in [0.1, 0.15) is 30.0 Å². The summed E-state index contributed by atoms with van der Waals surface area (Å²) in [7, 11) is 3.42. The van der Waals surface area contributed by atoms with E-state index in [4.69, 9.17) is 4.74 Å². The summed E-state index contributed by atoms with van der Waals surface area (Å²) in [5, 5.41) is 4.25. The third-order valence-corrected chi connectivity index (χ3v) is 4.08. The summed E-state index contributed by atoms with van der Waals surface area (Å²) < 4.78 is 20.6. The molecular formula is C16H20FN3O. The standard InChI is InChI=1S/C16H20FN3O/c1-19-11-13(9-18-19)15-4-3-7-20(15)10-12-5-6-16(21-2)14(17)8-12/h5-6,8-9,11,15H,3-4,7,10H2,1-2H3. The van der Waals surface area contributed by atoms with Crippen molar-refractivity contribution in [2.24, 2.45) is 7.05 Å². The first-order chi connectivity index (χ1) is 10.2. The Morgan fingerprint density at radius 3 is 2.95 bits per heavy atom. The van der Waals surface area contributed by atoms with Gasteiger partial charge in [-0.25, -0.2) is 4.39 Å². The summed E-state index contributed by atoms with van der Waals surface area (Å²) >= 11 is 0. The average Bonchev–Trinajstić information content (AvgIpc) is 3.08. The molecule has 4 nitrogen and oxygen atoms in total. The molecule has 1 aromatic heterocycles. The molecular weight excluding hydrogens is 269 g/mol. The summed E-state index contributed by atoms with van der Waals surface area (Å²) in [6.45, 7) is 1.79. The van der Waals surface area contributed by atoms with Crippen LogP contribution in [-0.2, 0) is 13.6 Å². The van der Waals surface area contributed by atoms with Crippen LogP contribution in [-0.4, -0.2) is 28.3 Å². The Balaban J connectivity index is 1.75. The van der Waals surface area contributed by atoms with Crippen molar-refractivity contribution in [1.29, 1.82) is 0 Å². The molecule has 0 bridgehead atoms. The Labute approximate surface area is 124 Å². The smallest absolute Gasteiger partial charge is 0.165 e. The van der Waals surface area contributed by atoms with Gasteiger partial charge in [0.2, 0.25) is 0 Å². The molecule has 0 radical (unpaired) electrons. The van der Waals surface area contributed by atoms with E-state index < -0.39 is 0 Å². The van der Waals surface area contributed by atoms with Crippen molar-refractivity contribution >= 4 is 0 Å². The lowest BCUT2D eigenvalue weighted by Crippen LogP contribution is -2.22. The SMILES string of the molecule is COc1ccc(CN2CCCC2c2cnn(C)c2)cc1F. The number of aromatic nitrogens is 2. The Kier molecular flexibility index (Phi) is 3.92. The fourth-order valence-electron chi connectivity index (χ4n) is 3.05. The normalized spacial score (nSPS) is 19.1. The molecule has 112 valence electrons. The quantitative estimate of drug-likeness (QED) is 0.867. The van der Waals surface area contributed by atoms with Gasteiger partial charge < -0.3 is 4.74 Å². The number of ether oxygens (including phenoxy) is 1. The maximum atomic E-state index is 13.8. The van der Waals surface area contributed by atoms with Crippen molar-refractivity contribution in [2.45, 2.75) is 25.4 Å². The number of benzene rings is 1. The van der Waals surface area contributed by atoms with Crippen LogP contribution < -0.4 is 4.74 Å². The van der Waals surface area contributed by atoms with Gasteiger partial charge in [0.05, 0.1) is 13.3 Å². The molecule has 1 aliphatic rings. The lowest BCUT2D eigenvalue weighted by molar-refractivity contribution is 0.248. The van der Waals surface area contributed by atoms with Crippen molar-refractivity contribution in [3.05, 3.63) is 47.5 Å². The lowest BCUT2D eigenvalue weighted by atomic mass is 10.1. The number of aryl methyl sites for hydroxylation is 1. The molecule has 2 aromatic rings. The zero-order chi connectivity index (χ0) is 14.8. The highest BCUT2D eigenvalue weighted by atomic mass is 19.1. The van der Waals surface area contributed by atoms with Gasteiger partial charge in [-0.05, 0) is 37.1 Å². The predicted octanol–water partition coefficient (Wildman–Crippen LogP) is 2.90. The molecule has 5 heteroatoms. The fraction of sp³-hybridized carbons (Fsp3) is 0.438. The Morgan fingerprint density at radius 1 is 1.43 bits per heavy atom. The lowest BCUT2D eigenvalue weighted by Gasteiger charge is -2.23. The maximum absolute atomic E-state index is 13.8. The minimum Gasteiger partial charge on any atom is -0.494 e. The van der Waals surface area contributed by atoms with Gasteiger partial charge >= 0.3 is 0 Å². The van der Waals surface area contributed by atoms with Crippen LogP contribution >= 0.6 is 0 Å². The summed E-state index contributed by atoms with van der Waals surface area (Å²) in [5.74, 6) is -0.00361. The number of hydrogen-bond acceptors (Lipinski definition) is 3. The van der Waals surface area contributed by atoms with Gasteiger partial charge in [0.15, 0.2) is 11.6 Å². The molecule has 1 unspecified atom stereocenters. The monoisotopic (exact) mass is 289 g/mol. The topological polar surface area (TPSA) is 30.3 Å². The van der Waals surface area contributed by atoms with Crippen molar-refractivity contribution in [3.63, 3.8) is 0 Å². The van der Waals surface area contributed by atoms with Crippen LogP contribution in [0.15, 0.2) is 30.6 Å². The molecule has 0 spiro atoms. The van der Waals surface area contributed by atoms with E-state index in [2.05, 4.69) is 16.2 Å². The van der Waals surface area contributed by atoms with Crippen molar-refractivity contribution in [2.75, 3.05) is 13.7 Å². The van der Waals surface area contributed by atoms with Crippen molar-refractivity contribution in [3.8, 4) is 5.75 Å². The minimum absolute atomic E-state index is 0.295. The zero-order valence-corrected chi connectivity index (χ0v) is 12.4. The third-order valence-electron chi connectivity index (χ3n) is 4.08. The molecule has 0 N–H and O–H groups in total. The molecule has 1 saturated heterocycles. The summed E-state index contributed by atoms with van der Waals surface area (Å²) in [6.07, 6.45) is 6.29. The van der Waals surface area contributed by atoms with Crippen LogP contribution in [0.3, 0.4) is 0 Å². The molecule has 0 saturated carbocycles. The van der Waals surface area contributed by atoms with Gasteiger partial charge in [0.1, 0.15) is 0 Å². The Morgan fingerprint density at radius 2 is 2.29 bits per heavy atom. The zero-order valence-electron chi connectivity index (χ0n) is 12.4. The van der Waals surface area contributed by atoms with Crippen LogP contribution in [0.25, 0.3) is 0 Å². The van der Waals surface area contributed by atoms with Gasteiger partial charge in [-0.1, -0.05) is 6.07 Å². The van der Waals surface area contributed by atoms with E-state index in [1.807, 2.05) is 24.0 Å². The number of nitrogens with zero attached hydrogens (tertiary/aromatic N) is 3. The van der Waals surface area contributed by atoms with Crippen molar-refractivity contribution in [1.82, 2.24) is 14.7 Å². The van der Waals surface area contributed by atoms with Gasteiger partial charge in [-0.15, -0.1) is 0 Å². The molecule has 3 rings (SSSR count). The first-order valence-corrected chi connectivity index (χ1v) is 7.22. The molecule has 1 fully saturated rings. The first kappa shape index (κ1) is 14.1. The summed E-state index contributed by atoms with van der Waals surface area (Å²) in [4.78, 5) is 2.39. The molecule has 0 aliphatic carbocycles. The second-order valence-corrected chi connectivity index (χ2v) is 5.54. The highest BCUT2D eigenvalue weighted by molar-refractivity contribution is 5.29. The third kappa shape index (κ3) is 2.93. The second-order valence-electron chi connectivity index (χ2n) is 5.54. The number of halogens is 1. The van der Waals surface area contributed by atoms with Gasteiger partial charge in [0, 0.05) is 31.4 Å². The minimum atomic E-state index is -0.299. The highest BCUT2D eigenvalue weighted by Gasteiger charge is 2.27. The van der Waals surface area contributed by atoms with Gasteiger partial charge in [-0.2, -0.15) is 5.10 Å². The van der Waals surface area contributed by atoms with E-state index in [0.717, 1.165) is 31.5 Å². The number of rotatable bonds is 4. The van der Waals surface area contributed by atoms with Crippen molar-refractivity contribution < 1.29 is 9.13 Å². The van der Waals surface area contributed by atoms with Gasteiger partial charge in [0.25, 0.3) is 0 Å². The number of likely N-dealkylation sites (tertiary alicyclic amines) is 1. The van der Waals surface area contributed by atoms with E-state index in [1.165, 1.54) is 12.7 Å². The summed E-state index contributed by atoms with van der Waals surface area (Å²) in [5.41, 5.74) is 2.22. The van der Waals surface area contributed by atoms with Crippen LogP contribution in [0, 0.1) is 5.82 Å². The highest BCUT2D eigenvalue weighted by Crippen LogP contribution is 2.33.